The van der Waals surface area contributed by atoms with Crippen LogP contribution in [0.25, 0.3) is 0 Å². The minimum absolute atomic E-state index is 0.0108. The van der Waals surface area contributed by atoms with E-state index in [-0.39, 0.29) is 5.75 Å². The first kappa shape index (κ1) is 11.3. The van der Waals surface area contributed by atoms with Crippen LogP contribution < -0.4 is 5.73 Å². The Morgan fingerprint density at radius 3 is 2.71 bits per heavy atom. The van der Waals surface area contributed by atoms with Gasteiger partial charge in [0, 0.05) is 0 Å². The highest BCUT2D eigenvalue weighted by molar-refractivity contribution is 6.32. The maximum Gasteiger partial charge on any atom is 0.134 e. The molecule has 0 bridgehead atoms. The van der Waals surface area contributed by atoms with E-state index in [9.17, 15) is 10.2 Å². The molecule has 0 aliphatic carbocycles. The molecule has 0 amide bonds. The van der Waals surface area contributed by atoms with Crippen LogP contribution in [0.3, 0.4) is 0 Å². The van der Waals surface area contributed by atoms with Crippen LogP contribution in [0.2, 0.25) is 5.02 Å². The van der Waals surface area contributed by atoms with Crippen LogP contribution in [0, 0.1) is 6.92 Å². The second-order valence-corrected chi connectivity index (χ2v) is 3.66. The molecule has 1 unspecified atom stereocenters. The number of nitrogens with two attached hydrogens (primary N) is 1. The summed E-state index contributed by atoms with van der Waals surface area (Å²) >= 11 is 5.71. The van der Waals surface area contributed by atoms with Crippen LogP contribution >= 0.6 is 11.6 Å². The summed E-state index contributed by atoms with van der Waals surface area (Å²) in [6, 6.07) is 3.12. The number of aliphatic hydroxyl groups is 1. The Balaban J connectivity index is 3.02. The van der Waals surface area contributed by atoms with Gasteiger partial charge in [0.05, 0.1) is 11.1 Å². The molecule has 0 fully saturated rings. The van der Waals surface area contributed by atoms with E-state index in [4.69, 9.17) is 17.3 Å². The third-order valence-corrected chi connectivity index (χ3v) is 2.44. The minimum atomic E-state index is -0.636. The van der Waals surface area contributed by atoms with Crippen molar-refractivity contribution < 1.29 is 10.2 Å². The van der Waals surface area contributed by atoms with Gasteiger partial charge >= 0.3 is 0 Å². The van der Waals surface area contributed by atoms with Gasteiger partial charge in [0.2, 0.25) is 0 Å². The number of halogens is 1. The standard InChI is InChI=1S/C10H14ClNO2/c1-6-4-8(11)10(14)5-7(6)9(13)2-3-12/h4-5,9,13-14H,2-3,12H2,1H3. The predicted octanol–water partition coefficient (Wildman–Crippen LogP) is 1.74. The lowest BCUT2D eigenvalue weighted by atomic mass is 10.0. The molecule has 14 heavy (non-hydrogen) atoms. The lowest BCUT2D eigenvalue weighted by Gasteiger charge is -2.13. The number of aryl methyl sites for hydroxylation is 1. The Labute approximate surface area is 88.1 Å². The number of phenols is 1. The molecule has 4 N–H and O–H groups in total. The molecule has 0 aromatic heterocycles. The van der Waals surface area contributed by atoms with E-state index >= 15 is 0 Å². The minimum Gasteiger partial charge on any atom is -0.506 e. The van der Waals surface area contributed by atoms with Gasteiger partial charge in [-0.3, -0.25) is 0 Å². The molecule has 1 aromatic rings. The molecule has 4 heteroatoms. The van der Waals surface area contributed by atoms with Gasteiger partial charge in [0.1, 0.15) is 5.75 Å². The monoisotopic (exact) mass is 215 g/mol. The Morgan fingerprint density at radius 2 is 2.14 bits per heavy atom. The molecule has 0 aliphatic heterocycles. The van der Waals surface area contributed by atoms with Gasteiger partial charge in [-0.2, -0.15) is 0 Å². The van der Waals surface area contributed by atoms with E-state index in [1.54, 1.807) is 6.07 Å². The molecule has 1 atom stereocenters. The zero-order valence-electron chi connectivity index (χ0n) is 8.00. The Hall–Kier alpha value is -0.770. The van der Waals surface area contributed by atoms with Gasteiger partial charge in [-0.1, -0.05) is 11.6 Å². The maximum atomic E-state index is 9.68. The van der Waals surface area contributed by atoms with E-state index in [1.807, 2.05) is 6.92 Å². The second-order valence-electron chi connectivity index (χ2n) is 3.25. The van der Waals surface area contributed by atoms with Crippen LogP contribution in [0.1, 0.15) is 23.7 Å². The first-order chi connectivity index (χ1) is 6.56. The highest BCUT2D eigenvalue weighted by Gasteiger charge is 2.12. The van der Waals surface area contributed by atoms with Crippen molar-refractivity contribution in [2.45, 2.75) is 19.4 Å². The molecule has 0 saturated carbocycles. The fourth-order valence-electron chi connectivity index (χ4n) is 1.35. The molecule has 0 saturated heterocycles. The van der Waals surface area contributed by atoms with Crippen molar-refractivity contribution in [3.05, 3.63) is 28.3 Å². The molecule has 0 radical (unpaired) electrons. The summed E-state index contributed by atoms with van der Waals surface area (Å²) in [5.74, 6) is -0.0108. The quantitative estimate of drug-likeness (QED) is 0.720. The topological polar surface area (TPSA) is 66.5 Å². The van der Waals surface area contributed by atoms with Gasteiger partial charge in [-0.05, 0) is 43.1 Å². The van der Waals surface area contributed by atoms with Gasteiger partial charge in [0.15, 0.2) is 0 Å². The average Bonchev–Trinajstić information content (AvgIpc) is 2.11. The Morgan fingerprint density at radius 1 is 1.50 bits per heavy atom. The van der Waals surface area contributed by atoms with Gasteiger partial charge in [0.25, 0.3) is 0 Å². The summed E-state index contributed by atoms with van der Waals surface area (Å²) in [5.41, 5.74) is 6.87. The first-order valence-corrected chi connectivity index (χ1v) is 4.81. The van der Waals surface area contributed by atoms with Crippen molar-refractivity contribution in [3.8, 4) is 5.75 Å². The lowest BCUT2D eigenvalue weighted by Crippen LogP contribution is -2.07. The summed E-state index contributed by atoms with van der Waals surface area (Å²) in [4.78, 5) is 0. The van der Waals surface area contributed by atoms with Crippen LogP contribution in [-0.4, -0.2) is 16.8 Å². The summed E-state index contributed by atoms with van der Waals surface area (Å²) in [6.45, 7) is 2.24. The van der Waals surface area contributed by atoms with Crippen LogP contribution in [0.4, 0.5) is 0 Å². The average molecular weight is 216 g/mol. The third kappa shape index (κ3) is 2.38. The van der Waals surface area contributed by atoms with Gasteiger partial charge in [-0.15, -0.1) is 0 Å². The number of phenolic OH excluding ortho intramolecular Hbond substituents is 1. The Bertz CT molecular complexity index is 328. The third-order valence-electron chi connectivity index (χ3n) is 2.13. The van der Waals surface area contributed by atoms with E-state index in [2.05, 4.69) is 0 Å². The number of aliphatic hydroxyl groups excluding tert-OH is 1. The largest absolute Gasteiger partial charge is 0.506 e. The molecule has 1 rings (SSSR count). The summed E-state index contributed by atoms with van der Waals surface area (Å²) in [7, 11) is 0. The molecule has 78 valence electrons. The Kier molecular flexibility index (Phi) is 3.75. The molecular weight excluding hydrogens is 202 g/mol. The van der Waals surface area contributed by atoms with Gasteiger partial charge < -0.3 is 15.9 Å². The van der Waals surface area contributed by atoms with Crippen molar-refractivity contribution in [1.29, 1.82) is 0 Å². The number of hydrogen-bond acceptors (Lipinski definition) is 3. The maximum absolute atomic E-state index is 9.68. The van der Waals surface area contributed by atoms with Crippen LogP contribution in [-0.2, 0) is 0 Å². The zero-order valence-corrected chi connectivity index (χ0v) is 8.75. The van der Waals surface area contributed by atoms with Crippen molar-refractivity contribution in [3.63, 3.8) is 0 Å². The van der Waals surface area contributed by atoms with Crippen LogP contribution in [0.15, 0.2) is 12.1 Å². The van der Waals surface area contributed by atoms with E-state index in [0.717, 1.165) is 5.56 Å². The number of aromatic hydroxyl groups is 1. The van der Waals surface area contributed by atoms with E-state index in [0.29, 0.717) is 23.6 Å². The fourth-order valence-corrected chi connectivity index (χ4v) is 1.57. The first-order valence-electron chi connectivity index (χ1n) is 4.43. The molecule has 0 spiro atoms. The summed E-state index contributed by atoms with van der Waals surface area (Å²) in [6.07, 6.45) is -0.162. The van der Waals surface area contributed by atoms with E-state index < -0.39 is 6.10 Å². The molecule has 1 aromatic carbocycles. The molecular formula is C10H14ClNO2. The summed E-state index contributed by atoms with van der Waals surface area (Å²) in [5, 5.41) is 19.3. The SMILES string of the molecule is Cc1cc(Cl)c(O)cc1C(O)CCN. The van der Waals surface area contributed by atoms with Crippen molar-refractivity contribution in [2.24, 2.45) is 5.73 Å². The summed E-state index contributed by atoms with van der Waals surface area (Å²) < 4.78 is 0. The lowest BCUT2D eigenvalue weighted by molar-refractivity contribution is 0.169. The molecule has 0 aliphatic rings. The highest BCUT2D eigenvalue weighted by atomic mass is 35.5. The van der Waals surface area contributed by atoms with Gasteiger partial charge in [-0.25, -0.2) is 0 Å². The number of hydrogen-bond donors (Lipinski definition) is 3. The number of benzene rings is 1. The fraction of sp³-hybridized carbons (Fsp3) is 0.400. The highest BCUT2D eigenvalue weighted by Crippen LogP contribution is 2.30. The van der Waals surface area contributed by atoms with Crippen LogP contribution in [0.5, 0.6) is 5.75 Å². The second kappa shape index (κ2) is 4.64. The normalized spacial score (nSPS) is 12.9. The number of rotatable bonds is 3. The smallest absolute Gasteiger partial charge is 0.134 e. The zero-order chi connectivity index (χ0) is 10.7. The van der Waals surface area contributed by atoms with Crippen molar-refractivity contribution >= 4 is 11.6 Å². The molecule has 0 heterocycles. The van der Waals surface area contributed by atoms with Crippen molar-refractivity contribution in [1.82, 2.24) is 0 Å². The molecule has 3 nitrogen and oxygen atoms in total. The predicted molar refractivity (Wildman–Crippen MR) is 56.5 cm³/mol. The van der Waals surface area contributed by atoms with E-state index in [1.165, 1.54) is 6.07 Å². The van der Waals surface area contributed by atoms with Crippen molar-refractivity contribution in [2.75, 3.05) is 6.54 Å².